The normalized spacial score (nSPS) is 17.5. The Balaban J connectivity index is 2.46. The average Bonchev–Trinajstić information content (AvgIpc) is 2.48. The van der Waals surface area contributed by atoms with Crippen LogP contribution in [0.15, 0.2) is 0 Å². The fraction of sp³-hybridized carbons (Fsp3) is 0.933. The van der Waals surface area contributed by atoms with E-state index in [0.29, 0.717) is 12.5 Å². The van der Waals surface area contributed by atoms with Crippen LogP contribution in [0.2, 0.25) is 0 Å². The van der Waals surface area contributed by atoms with Gasteiger partial charge < -0.3 is 15.4 Å². The molecule has 0 atom stereocenters. The standard InChI is InChI=1S/C15H30N2O2/c1-4-15(5-2,12-16)14(18)17(3)9-6-13-7-10-19-11-8-13/h13H,4-12,16H2,1-3H3. The SMILES string of the molecule is CCC(CC)(CN)C(=O)N(C)CCC1CCOCC1. The molecule has 4 nitrogen and oxygen atoms in total. The molecule has 19 heavy (non-hydrogen) atoms. The van der Waals surface area contributed by atoms with E-state index < -0.39 is 0 Å². The van der Waals surface area contributed by atoms with Crippen LogP contribution in [0, 0.1) is 11.3 Å². The van der Waals surface area contributed by atoms with Crippen LogP contribution in [0.1, 0.15) is 46.0 Å². The summed E-state index contributed by atoms with van der Waals surface area (Å²) < 4.78 is 5.36. The quantitative estimate of drug-likeness (QED) is 0.770. The largest absolute Gasteiger partial charge is 0.381 e. The first-order chi connectivity index (χ1) is 9.09. The lowest BCUT2D eigenvalue weighted by Crippen LogP contribution is -2.46. The number of carbonyl (C=O) groups is 1. The Hall–Kier alpha value is -0.610. The minimum Gasteiger partial charge on any atom is -0.381 e. The van der Waals surface area contributed by atoms with E-state index in [0.717, 1.165) is 51.9 Å². The molecule has 0 spiro atoms. The van der Waals surface area contributed by atoms with Gasteiger partial charge in [0.05, 0.1) is 5.41 Å². The van der Waals surface area contributed by atoms with Crippen molar-refractivity contribution in [2.24, 2.45) is 17.1 Å². The van der Waals surface area contributed by atoms with E-state index in [1.54, 1.807) is 0 Å². The molecule has 0 aromatic carbocycles. The molecule has 4 heteroatoms. The van der Waals surface area contributed by atoms with Crippen LogP contribution in [-0.2, 0) is 9.53 Å². The van der Waals surface area contributed by atoms with E-state index >= 15 is 0 Å². The van der Waals surface area contributed by atoms with Gasteiger partial charge >= 0.3 is 0 Å². The maximum absolute atomic E-state index is 12.6. The number of nitrogens with zero attached hydrogens (tertiary/aromatic N) is 1. The Morgan fingerprint density at radius 2 is 1.89 bits per heavy atom. The Labute approximate surface area is 117 Å². The van der Waals surface area contributed by atoms with E-state index in [2.05, 4.69) is 13.8 Å². The van der Waals surface area contributed by atoms with Crippen LogP contribution in [-0.4, -0.2) is 44.2 Å². The highest BCUT2D eigenvalue weighted by atomic mass is 16.5. The highest BCUT2D eigenvalue weighted by Gasteiger charge is 2.35. The van der Waals surface area contributed by atoms with Gasteiger partial charge in [0, 0.05) is 33.4 Å². The average molecular weight is 270 g/mol. The Morgan fingerprint density at radius 1 is 1.32 bits per heavy atom. The van der Waals surface area contributed by atoms with Gasteiger partial charge in [0.15, 0.2) is 0 Å². The van der Waals surface area contributed by atoms with Crippen LogP contribution in [0.5, 0.6) is 0 Å². The number of ether oxygens (including phenoxy) is 1. The van der Waals surface area contributed by atoms with Crippen molar-refractivity contribution in [2.75, 3.05) is 33.4 Å². The van der Waals surface area contributed by atoms with E-state index in [4.69, 9.17) is 10.5 Å². The van der Waals surface area contributed by atoms with Crippen LogP contribution in [0.25, 0.3) is 0 Å². The summed E-state index contributed by atoms with van der Waals surface area (Å²) in [7, 11) is 1.91. The van der Waals surface area contributed by atoms with Gasteiger partial charge in [-0.05, 0) is 38.0 Å². The third kappa shape index (κ3) is 4.18. The number of nitrogens with two attached hydrogens (primary N) is 1. The molecule has 0 saturated carbocycles. The first-order valence-corrected chi connectivity index (χ1v) is 7.63. The highest BCUT2D eigenvalue weighted by molar-refractivity contribution is 5.82. The van der Waals surface area contributed by atoms with E-state index in [-0.39, 0.29) is 11.3 Å². The maximum atomic E-state index is 12.6. The zero-order valence-corrected chi connectivity index (χ0v) is 12.8. The second-order valence-electron chi connectivity index (χ2n) is 5.76. The minimum absolute atomic E-state index is 0.215. The molecule has 1 aliphatic heterocycles. The van der Waals surface area contributed by atoms with Gasteiger partial charge in [-0.25, -0.2) is 0 Å². The van der Waals surface area contributed by atoms with Crippen molar-refractivity contribution in [1.82, 2.24) is 4.90 Å². The van der Waals surface area contributed by atoms with E-state index in [1.807, 2.05) is 11.9 Å². The van der Waals surface area contributed by atoms with Crippen molar-refractivity contribution in [1.29, 1.82) is 0 Å². The second-order valence-corrected chi connectivity index (χ2v) is 5.76. The van der Waals surface area contributed by atoms with E-state index in [9.17, 15) is 4.79 Å². The number of hydrogen-bond acceptors (Lipinski definition) is 3. The number of carbonyl (C=O) groups excluding carboxylic acids is 1. The Bertz CT molecular complexity index is 263. The lowest BCUT2D eigenvalue weighted by molar-refractivity contribution is -0.141. The molecular weight excluding hydrogens is 240 g/mol. The molecule has 0 radical (unpaired) electrons. The first kappa shape index (κ1) is 16.4. The summed E-state index contributed by atoms with van der Waals surface area (Å²) in [5.41, 5.74) is 5.49. The zero-order chi connectivity index (χ0) is 14.3. The molecule has 2 N–H and O–H groups in total. The summed E-state index contributed by atoms with van der Waals surface area (Å²) in [6.45, 7) is 7.14. The van der Waals surface area contributed by atoms with Gasteiger partial charge in [-0.3, -0.25) is 4.79 Å². The molecule has 1 rings (SSSR count). The lowest BCUT2D eigenvalue weighted by atomic mass is 9.81. The van der Waals surface area contributed by atoms with Crippen molar-refractivity contribution in [3.63, 3.8) is 0 Å². The Kier molecular flexibility index (Phi) is 6.80. The molecule has 1 amide bonds. The van der Waals surface area contributed by atoms with Crippen LogP contribution >= 0.6 is 0 Å². The number of amides is 1. The molecule has 0 unspecified atom stereocenters. The Morgan fingerprint density at radius 3 is 2.37 bits per heavy atom. The molecule has 0 aromatic rings. The van der Waals surface area contributed by atoms with Crippen LogP contribution in [0.4, 0.5) is 0 Å². The zero-order valence-electron chi connectivity index (χ0n) is 12.8. The molecule has 1 saturated heterocycles. The summed E-state index contributed by atoms with van der Waals surface area (Å²) in [4.78, 5) is 14.4. The van der Waals surface area contributed by atoms with Crippen LogP contribution in [0.3, 0.4) is 0 Å². The van der Waals surface area contributed by atoms with Gasteiger partial charge in [0.25, 0.3) is 0 Å². The van der Waals surface area contributed by atoms with Crippen molar-refractivity contribution in [3.05, 3.63) is 0 Å². The fourth-order valence-electron chi connectivity index (χ4n) is 2.85. The van der Waals surface area contributed by atoms with Gasteiger partial charge in [0.2, 0.25) is 5.91 Å². The molecule has 112 valence electrons. The van der Waals surface area contributed by atoms with Gasteiger partial charge in [-0.1, -0.05) is 13.8 Å². The number of hydrogen-bond donors (Lipinski definition) is 1. The smallest absolute Gasteiger partial charge is 0.229 e. The molecule has 1 fully saturated rings. The molecule has 1 heterocycles. The van der Waals surface area contributed by atoms with Gasteiger partial charge in [-0.15, -0.1) is 0 Å². The summed E-state index contributed by atoms with van der Waals surface area (Å²) in [5, 5.41) is 0. The van der Waals surface area contributed by atoms with Crippen molar-refractivity contribution < 1.29 is 9.53 Å². The number of rotatable bonds is 7. The van der Waals surface area contributed by atoms with E-state index in [1.165, 1.54) is 0 Å². The molecule has 0 bridgehead atoms. The minimum atomic E-state index is -0.357. The second kappa shape index (κ2) is 7.85. The molecule has 1 aliphatic rings. The summed E-state index contributed by atoms with van der Waals surface area (Å²) in [6, 6.07) is 0. The monoisotopic (exact) mass is 270 g/mol. The molecular formula is C15H30N2O2. The van der Waals surface area contributed by atoms with Gasteiger partial charge in [0.1, 0.15) is 0 Å². The van der Waals surface area contributed by atoms with Crippen molar-refractivity contribution in [2.45, 2.75) is 46.0 Å². The van der Waals surface area contributed by atoms with Crippen LogP contribution < -0.4 is 5.73 Å². The first-order valence-electron chi connectivity index (χ1n) is 7.63. The van der Waals surface area contributed by atoms with Gasteiger partial charge in [-0.2, -0.15) is 0 Å². The van der Waals surface area contributed by atoms with Crippen molar-refractivity contribution in [3.8, 4) is 0 Å². The predicted octanol–water partition coefficient (Wildman–Crippen LogP) is 2.03. The molecule has 0 aliphatic carbocycles. The molecule has 0 aromatic heterocycles. The fourth-order valence-corrected chi connectivity index (χ4v) is 2.85. The summed E-state index contributed by atoms with van der Waals surface area (Å²) in [6.07, 6.45) is 4.98. The summed E-state index contributed by atoms with van der Waals surface area (Å²) >= 11 is 0. The topological polar surface area (TPSA) is 55.6 Å². The predicted molar refractivity (Wildman–Crippen MR) is 77.9 cm³/mol. The lowest BCUT2D eigenvalue weighted by Gasteiger charge is -2.34. The third-order valence-corrected chi connectivity index (χ3v) is 4.76. The maximum Gasteiger partial charge on any atom is 0.229 e. The van der Waals surface area contributed by atoms with Crippen molar-refractivity contribution >= 4 is 5.91 Å². The third-order valence-electron chi connectivity index (χ3n) is 4.76. The highest BCUT2D eigenvalue weighted by Crippen LogP contribution is 2.28. The summed E-state index contributed by atoms with van der Waals surface area (Å²) in [5.74, 6) is 0.923.